The Balaban J connectivity index is 1.72. The van der Waals surface area contributed by atoms with E-state index in [9.17, 15) is 4.79 Å². The Kier molecular flexibility index (Phi) is 3.90. The zero-order valence-corrected chi connectivity index (χ0v) is 12.2. The number of benzene rings is 1. The Bertz CT molecular complexity index is 644. The second kappa shape index (κ2) is 5.83. The number of aromatic nitrogens is 2. The van der Waals surface area contributed by atoms with Gasteiger partial charge in [0.05, 0.1) is 24.0 Å². The number of aryl methyl sites for hydroxylation is 1. The summed E-state index contributed by atoms with van der Waals surface area (Å²) in [6.07, 6.45) is 1.76. The Hall–Kier alpha value is -1.92. The average Bonchev–Trinajstić information content (AvgIpc) is 2.88. The Morgan fingerprint density at radius 3 is 2.76 bits per heavy atom. The van der Waals surface area contributed by atoms with Crippen LogP contribution >= 0.6 is 0 Å². The summed E-state index contributed by atoms with van der Waals surface area (Å²) >= 11 is 0. The van der Waals surface area contributed by atoms with Gasteiger partial charge in [-0.1, -0.05) is 0 Å². The van der Waals surface area contributed by atoms with Crippen LogP contribution in [-0.2, 0) is 7.05 Å². The Labute approximate surface area is 123 Å². The molecule has 21 heavy (non-hydrogen) atoms. The van der Waals surface area contributed by atoms with Crippen molar-refractivity contribution in [2.45, 2.75) is 0 Å². The van der Waals surface area contributed by atoms with Gasteiger partial charge in [0.2, 0.25) is 0 Å². The van der Waals surface area contributed by atoms with Crippen LogP contribution in [0, 0.1) is 0 Å². The molecule has 1 aliphatic heterocycles. The molecule has 1 aliphatic rings. The minimum atomic E-state index is 0.0613. The molecular weight excluding hydrogens is 268 g/mol. The molecule has 1 amide bonds. The first-order valence-electron chi connectivity index (χ1n) is 7.22. The minimum absolute atomic E-state index is 0.0613. The van der Waals surface area contributed by atoms with Gasteiger partial charge < -0.3 is 14.6 Å². The molecule has 1 N–H and O–H groups in total. The van der Waals surface area contributed by atoms with E-state index in [4.69, 9.17) is 5.11 Å². The van der Waals surface area contributed by atoms with Crippen molar-refractivity contribution in [2.24, 2.45) is 7.05 Å². The van der Waals surface area contributed by atoms with E-state index in [-0.39, 0.29) is 12.5 Å². The van der Waals surface area contributed by atoms with Gasteiger partial charge in [0.25, 0.3) is 5.91 Å². The lowest BCUT2D eigenvalue weighted by Gasteiger charge is -2.34. The van der Waals surface area contributed by atoms with E-state index in [2.05, 4.69) is 9.88 Å². The third-order valence-corrected chi connectivity index (χ3v) is 4.05. The normalized spacial score (nSPS) is 16.6. The molecule has 1 aromatic carbocycles. The van der Waals surface area contributed by atoms with Crippen molar-refractivity contribution in [2.75, 3.05) is 39.3 Å². The number of hydrogen-bond acceptors (Lipinski definition) is 4. The van der Waals surface area contributed by atoms with Gasteiger partial charge in [0.1, 0.15) is 0 Å². The number of carbonyl (C=O) groups excluding carboxylic acids is 1. The molecule has 0 atom stereocenters. The summed E-state index contributed by atoms with van der Waals surface area (Å²) in [5, 5.41) is 8.94. The van der Waals surface area contributed by atoms with Crippen molar-refractivity contribution in [1.29, 1.82) is 0 Å². The summed E-state index contributed by atoms with van der Waals surface area (Å²) in [6, 6.07) is 5.67. The van der Waals surface area contributed by atoms with Crippen molar-refractivity contribution in [3.8, 4) is 0 Å². The molecule has 1 saturated heterocycles. The summed E-state index contributed by atoms with van der Waals surface area (Å²) in [4.78, 5) is 20.9. The zero-order chi connectivity index (χ0) is 14.8. The third kappa shape index (κ3) is 2.77. The lowest BCUT2D eigenvalue weighted by molar-refractivity contribution is 0.0615. The maximum Gasteiger partial charge on any atom is 0.254 e. The highest BCUT2D eigenvalue weighted by Crippen LogP contribution is 2.16. The molecule has 3 rings (SSSR count). The summed E-state index contributed by atoms with van der Waals surface area (Å²) in [7, 11) is 1.94. The molecule has 0 aliphatic carbocycles. The van der Waals surface area contributed by atoms with Crippen LogP contribution < -0.4 is 0 Å². The molecule has 112 valence electrons. The van der Waals surface area contributed by atoms with Gasteiger partial charge in [0.15, 0.2) is 0 Å². The van der Waals surface area contributed by atoms with Crippen LogP contribution in [0.1, 0.15) is 10.4 Å². The molecule has 0 bridgehead atoms. The molecule has 6 nitrogen and oxygen atoms in total. The van der Waals surface area contributed by atoms with E-state index in [0.29, 0.717) is 25.2 Å². The van der Waals surface area contributed by atoms with Crippen molar-refractivity contribution in [3.63, 3.8) is 0 Å². The predicted octanol–water partition coefficient (Wildman–Crippen LogP) is 0.323. The van der Waals surface area contributed by atoms with Crippen LogP contribution in [0.5, 0.6) is 0 Å². The topological polar surface area (TPSA) is 61.6 Å². The van der Waals surface area contributed by atoms with Gasteiger partial charge in [-0.05, 0) is 18.2 Å². The van der Waals surface area contributed by atoms with Crippen LogP contribution in [-0.4, -0.2) is 69.7 Å². The van der Waals surface area contributed by atoms with Crippen LogP contribution in [0.25, 0.3) is 11.0 Å². The van der Waals surface area contributed by atoms with Gasteiger partial charge in [-0.25, -0.2) is 4.98 Å². The van der Waals surface area contributed by atoms with E-state index in [0.717, 1.165) is 24.1 Å². The van der Waals surface area contributed by atoms with Crippen molar-refractivity contribution in [1.82, 2.24) is 19.4 Å². The fourth-order valence-electron chi connectivity index (χ4n) is 2.77. The highest BCUT2D eigenvalue weighted by Gasteiger charge is 2.22. The molecule has 6 heteroatoms. The second-order valence-corrected chi connectivity index (χ2v) is 5.42. The lowest BCUT2D eigenvalue weighted by atomic mass is 10.1. The number of aliphatic hydroxyl groups is 1. The Morgan fingerprint density at radius 2 is 2.05 bits per heavy atom. The second-order valence-electron chi connectivity index (χ2n) is 5.42. The number of imidazole rings is 1. The summed E-state index contributed by atoms with van der Waals surface area (Å²) < 4.78 is 1.94. The molecule has 0 unspecified atom stereocenters. The van der Waals surface area contributed by atoms with Crippen LogP contribution in [0.4, 0.5) is 0 Å². The number of rotatable bonds is 3. The van der Waals surface area contributed by atoms with Crippen LogP contribution in [0.2, 0.25) is 0 Å². The van der Waals surface area contributed by atoms with Gasteiger partial charge in [-0.2, -0.15) is 0 Å². The summed E-state index contributed by atoms with van der Waals surface area (Å²) in [5.74, 6) is 0.0613. The van der Waals surface area contributed by atoms with E-state index in [1.807, 2.05) is 34.7 Å². The number of carbonyl (C=O) groups is 1. The maximum absolute atomic E-state index is 12.5. The quantitative estimate of drug-likeness (QED) is 0.884. The minimum Gasteiger partial charge on any atom is -0.395 e. The zero-order valence-electron chi connectivity index (χ0n) is 12.2. The monoisotopic (exact) mass is 288 g/mol. The first-order chi connectivity index (χ1) is 10.2. The predicted molar refractivity (Wildman–Crippen MR) is 80.1 cm³/mol. The highest BCUT2D eigenvalue weighted by molar-refractivity contribution is 5.97. The summed E-state index contributed by atoms with van der Waals surface area (Å²) in [5.41, 5.74) is 2.57. The van der Waals surface area contributed by atoms with Gasteiger partial charge in [-0.15, -0.1) is 0 Å². The van der Waals surface area contributed by atoms with E-state index in [1.165, 1.54) is 0 Å². The molecule has 0 saturated carbocycles. The van der Waals surface area contributed by atoms with Crippen molar-refractivity contribution in [3.05, 3.63) is 30.1 Å². The smallest absolute Gasteiger partial charge is 0.254 e. The number of β-amino-alcohol motifs (C(OH)–C–C–N with tert-alkyl or cyclic N) is 1. The van der Waals surface area contributed by atoms with E-state index >= 15 is 0 Å². The standard InChI is InChI=1S/C15H20N4O2/c1-17-11-16-13-10-12(2-3-14(13)17)15(21)19-6-4-18(5-7-19)8-9-20/h2-3,10-11,20H,4-9H2,1H3. The third-order valence-electron chi connectivity index (χ3n) is 4.05. The van der Waals surface area contributed by atoms with Crippen molar-refractivity contribution >= 4 is 16.9 Å². The highest BCUT2D eigenvalue weighted by atomic mass is 16.3. The number of amides is 1. The summed E-state index contributed by atoms with van der Waals surface area (Å²) in [6.45, 7) is 3.90. The Morgan fingerprint density at radius 1 is 1.29 bits per heavy atom. The number of nitrogens with zero attached hydrogens (tertiary/aromatic N) is 4. The number of piperazine rings is 1. The van der Waals surface area contributed by atoms with Crippen molar-refractivity contribution < 1.29 is 9.90 Å². The number of hydrogen-bond donors (Lipinski definition) is 1. The molecule has 2 aromatic rings. The van der Waals surface area contributed by atoms with Gasteiger partial charge in [0, 0.05) is 45.3 Å². The number of aliphatic hydroxyl groups excluding tert-OH is 1. The van der Waals surface area contributed by atoms with E-state index in [1.54, 1.807) is 6.33 Å². The molecular formula is C15H20N4O2. The average molecular weight is 288 g/mol. The largest absolute Gasteiger partial charge is 0.395 e. The molecule has 0 spiro atoms. The molecule has 2 heterocycles. The maximum atomic E-state index is 12.5. The molecule has 0 radical (unpaired) electrons. The van der Waals surface area contributed by atoms with Crippen LogP contribution in [0.3, 0.4) is 0 Å². The van der Waals surface area contributed by atoms with E-state index < -0.39 is 0 Å². The lowest BCUT2D eigenvalue weighted by Crippen LogP contribution is -2.49. The van der Waals surface area contributed by atoms with Gasteiger partial charge >= 0.3 is 0 Å². The number of fused-ring (bicyclic) bond motifs is 1. The molecule has 1 fully saturated rings. The van der Waals surface area contributed by atoms with Gasteiger partial charge in [-0.3, -0.25) is 9.69 Å². The first kappa shape index (κ1) is 14.0. The molecule has 1 aromatic heterocycles. The van der Waals surface area contributed by atoms with Crippen LogP contribution in [0.15, 0.2) is 24.5 Å². The fourth-order valence-corrected chi connectivity index (χ4v) is 2.77. The first-order valence-corrected chi connectivity index (χ1v) is 7.22. The fraction of sp³-hybridized carbons (Fsp3) is 0.467. The SMILES string of the molecule is Cn1cnc2cc(C(=O)N3CCN(CCO)CC3)ccc21.